The van der Waals surface area contributed by atoms with Crippen LogP contribution >= 0.6 is 0 Å². The fourth-order valence-corrected chi connectivity index (χ4v) is 1.86. The summed E-state index contributed by atoms with van der Waals surface area (Å²) in [5.41, 5.74) is 1.15. The highest BCUT2D eigenvalue weighted by Crippen LogP contribution is 2.29. The first kappa shape index (κ1) is 18.9. The number of rotatable bonds is 11. The summed E-state index contributed by atoms with van der Waals surface area (Å²) >= 11 is 0. The Balaban J connectivity index is 2.57. The smallest absolute Gasteiger partial charge is 0.331 e. The number of carbonyl (C=O) groups excluding carboxylic acids is 1. The van der Waals surface area contributed by atoms with Crippen LogP contribution in [-0.4, -0.2) is 32.8 Å². The van der Waals surface area contributed by atoms with Gasteiger partial charge >= 0.3 is 5.97 Å². The zero-order valence-corrected chi connectivity index (χ0v) is 14.3. The fourth-order valence-electron chi connectivity index (χ4n) is 1.86. The number of benzene rings is 1. The number of ether oxygens (including phenoxy) is 3. The van der Waals surface area contributed by atoms with E-state index >= 15 is 0 Å². The maximum absolute atomic E-state index is 10.9. The van der Waals surface area contributed by atoms with Crippen LogP contribution in [0, 0.1) is 0 Å². The van der Waals surface area contributed by atoms with Crippen LogP contribution in [-0.2, 0) is 16.0 Å². The van der Waals surface area contributed by atoms with Crippen molar-refractivity contribution in [2.45, 2.75) is 33.1 Å². The zero-order valence-electron chi connectivity index (χ0n) is 14.3. The molecule has 0 aliphatic heterocycles. The molecule has 5 heteroatoms. The summed E-state index contributed by atoms with van der Waals surface area (Å²) in [6, 6.07) is 6.02. The third-order valence-electron chi connectivity index (χ3n) is 3.03. The molecule has 0 aromatic heterocycles. The Hall–Kier alpha value is -2.17. The molecular weight excluding hydrogens is 294 g/mol. The van der Waals surface area contributed by atoms with Gasteiger partial charge in [0.2, 0.25) is 0 Å². The van der Waals surface area contributed by atoms with E-state index < -0.39 is 0 Å². The maximum atomic E-state index is 10.9. The van der Waals surface area contributed by atoms with Crippen molar-refractivity contribution in [2.75, 3.05) is 26.9 Å². The molecule has 1 aromatic rings. The highest BCUT2D eigenvalue weighted by atomic mass is 16.5. The van der Waals surface area contributed by atoms with Crippen molar-refractivity contribution in [3.63, 3.8) is 0 Å². The fraction of sp³-hybridized carbons (Fsp3) is 0.500. The lowest BCUT2D eigenvalue weighted by atomic mass is 10.1. The lowest BCUT2D eigenvalue weighted by molar-refractivity contribution is -0.134. The summed E-state index contributed by atoms with van der Waals surface area (Å²) in [6.45, 7) is 6.23. The SMILES string of the molecule is CCCOc1ccc(CCN/C=C/C(=O)OC)cc1OCCC. The summed E-state index contributed by atoms with van der Waals surface area (Å²) in [5.74, 6) is 1.22. The van der Waals surface area contributed by atoms with Crippen LogP contribution < -0.4 is 14.8 Å². The molecule has 0 saturated heterocycles. The maximum Gasteiger partial charge on any atom is 0.331 e. The Kier molecular flexibility index (Phi) is 9.36. The molecule has 1 aromatic carbocycles. The van der Waals surface area contributed by atoms with Gasteiger partial charge in [-0.1, -0.05) is 19.9 Å². The summed E-state index contributed by atoms with van der Waals surface area (Å²) in [7, 11) is 1.35. The summed E-state index contributed by atoms with van der Waals surface area (Å²) in [5, 5.41) is 3.06. The van der Waals surface area contributed by atoms with Gasteiger partial charge in [0.05, 0.1) is 20.3 Å². The monoisotopic (exact) mass is 321 g/mol. The predicted molar refractivity (Wildman–Crippen MR) is 90.9 cm³/mol. The quantitative estimate of drug-likeness (QED) is 0.386. The predicted octanol–water partition coefficient (Wildman–Crippen LogP) is 3.08. The molecule has 1 N–H and O–H groups in total. The van der Waals surface area contributed by atoms with E-state index in [0.29, 0.717) is 13.2 Å². The average Bonchev–Trinajstić information content (AvgIpc) is 2.58. The van der Waals surface area contributed by atoms with E-state index in [0.717, 1.165) is 42.9 Å². The first-order chi connectivity index (χ1) is 11.2. The Labute approximate surface area is 138 Å². The molecule has 23 heavy (non-hydrogen) atoms. The van der Waals surface area contributed by atoms with Gasteiger partial charge in [-0.25, -0.2) is 4.79 Å². The van der Waals surface area contributed by atoms with Crippen LogP contribution in [0.2, 0.25) is 0 Å². The van der Waals surface area contributed by atoms with Gasteiger partial charge in [0.25, 0.3) is 0 Å². The molecule has 5 nitrogen and oxygen atoms in total. The van der Waals surface area contributed by atoms with Gasteiger partial charge in [-0.2, -0.15) is 0 Å². The Morgan fingerprint density at radius 2 is 1.83 bits per heavy atom. The van der Waals surface area contributed by atoms with Crippen molar-refractivity contribution in [3.05, 3.63) is 36.0 Å². The molecular formula is C18H27NO4. The minimum Gasteiger partial charge on any atom is -0.490 e. The van der Waals surface area contributed by atoms with Crippen molar-refractivity contribution in [3.8, 4) is 11.5 Å². The highest BCUT2D eigenvalue weighted by Gasteiger charge is 2.06. The molecule has 0 aliphatic carbocycles. The van der Waals surface area contributed by atoms with Crippen LogP contribution in [0.15, 0.2) is 30.5 Å². The molecule has 0 atom stereocenters. The van der Waals surface area contributed by atoms with E-state index in [1.807, 2.05) is 18.2 Å². The summed E-state index contributed by atoms with van der Waals surface area (Å²) in [6.07, 6.45) is 5.70. The van der Waals surface area contributed by atoms with Crippen LogP contribution in [0.5, 0.6) is 11.5 Å². The molecule has 128 valence electrons. The minimum absolute atomic E-state index is 0.370. The van der Waals surface area contributed by atoms with Crippen LogP contribution in [0.1, 0.15) is 32.3 Å². The largest absolute Gasteiger partial charge is 0.490 e. The molecule has 0 unspecified atom stereocenters. The van der Waals surface area contributed by atoms with Crippen molar-refractivity contribution in [2.24, 2.45) is 0 Å². The van der Waals surface area contributed by atoms with E-state index in [9.17, 15) is 4.79 Å². The second-order valence-electron chi connectivity index (χ2n) is 5.04. The molecule has 0 heterocycles. The van der Waals surface area contributed by atoms with E-state index in [-0.39, 0.29) is 5.97 Å². The Morgan fingerprint density at radius 3 is 2.48 bits per heavy atom. The molecule has 0 bridgehead atoms. The zero-order chi connectivity index (χ0) is 16.9. The van der Waals surface area contributed by atoms with Crippen LogP contribution in [0.25, 0.3) is 0 Å². The van der Waals surface area contributed by atoms with Crippen molar-refractivity contribution < 1.29 is 19.0 Å². The van der Waals surface area contributed by atoms with Gasteiger partial charge in [-0.05, 0) is 37.0 Å². The highest BCUT2D eigenvalue weighted by molar-refractivity contribution is 5.81. The summed E-state index contributed by atoms with van der Waals surface area (Å²) < 4.78 is 16.0. The van der Waals surface area contributed by atoms with Gasteiger partial charge in [-0.15, -0.1) is 0 Å². The van der Waals surface area contributed by atoms with E-state index in [1.165, 1.54) is 13.2 Å². The van der Waals surface area contributed by atoms with Gasteiger partial charge < -0.3 is 19.5 Å². The molecule has 0 amide bonds. The Morgan fingerprint density at radius 1 is 1.13 bits per heavy atom. The van der Waals surface area contributed by atoms with E-state index in [1.54, 1.807) is 6.20 Å². The molecule has 0 aliphatic rings. The molecule has 0 saturated carbocycles. The number of nitrogens with one attached hydrogen (secondary N) is 1. The average molecular weight is 321 g/mol. The number of carbonyl (C=O) groups is 1. The standard InChI is InChI=1S/C18H27NO4/c1-4-12-22-16-7-6-15(14-17(16)23-13-5-2)8-10-19-11-9-18(20)21-3/h6-7,9,11,14,19H,4-5,8,10,12-13H2,1-3H3/b11-9+. The van der Waals surface area contributed by atoms with Gasteiger partial charge in [0.15, 0.2) is 11.5 Å². The van der Waals surface area contributed by atoms with Crippen molar-refractivity contribution in [1.82, 2.24) is 5.32 Å². The minimum atomic E-state index is -0.370. The number of methoxy groups -OCH3 is 1. The topological polar surface area (TPSA) is 56.8 Å². The van der Waals surface area contributed by atoms with Gasteiger partial charge in [0.1, 0.15) is 0 Å². The van der Waals surface area contributed by atoms with Gasteiger partial charge in [0, 0.05) is 18.8 Å². The van der Waals surface area contributed by atoms with E-state index in [4.69, 9.17) is 9.47 Å². The van der Waals surface area contributed by atoms with Gasteiger partial charge in [-0.3, -0.25) is 0 Å². The van der Waals surface area contributed by atoms with Crippen molar-refractivity contribution >= 4 is 5.97 Å². The number of esters is 1. The number of hydrogen-bond donors (Lipinski definition) is 1. The molecule has 0 fully saturated rings. The van der Waals surface area contributed by atoms with Crippen LogP contribution in [0.3, 0.4) is 0 Å². The van der Waals surface area contributed by atoms with E-state index in [2.05, 4.69) is 23.9 Å². The lowest BCUT2D eigenvalue weighted by Crippen LogP contribution is -2.11. The lowest BCUT2D eigenvalue weighted by Gasteiger charge is -2.13. The van der Waals surface area contributed by atoms with Crippen LogP contribution in [0.4, 0.5) is 0 Å². The third-order valence-corrected chi connectivity index (χ3v) is 3.03. The molecule has 1 rings (SSSR count). The molecule has 0 spiro atoms. The Bertz CT molecular complexity index is 500. The first-order valence-electron chi connectivity index (χ1n) is 8.07. The second kappa shape index (κ2) is 11.4. The third kappa shape index (κ3) is 7.58. The summed E-state index contributed by atoms with van der Waals surface area (Å²) in [4.78, 5) is 10.9. The molecule has 0 radical (unpaired) electrons. The van der Waals surface area contributed by atoms with Crippen molar-refractivity contribution in [1.29, 1.82) is 0 Å². The normalized spacial score (nSPS) is 10.6. The number of hydrogen-bond acceptors (Lipinski definition) is 5. The first-order valence-corrected chi connectivity index (χ1v) is 8.07. The second-order valence-corrected chi connectivity index (χ2v) is 5.04.